The first-order chi connectivity index (χ1) is 11.6. The van der Waals surface area contributed by atoms with Gasteiger partial charge in [0.1, 0.15) is 5.75 Å². The summed E-state index contributed by atoms with van der Waals surface area (Å²) in [5, 5.41) is 2.89. The van der Waals surface area contributed by atoms with Gasteiger partial charge in [-0.15, -0.1) is 0 Å². The number of nitrogens with one attached hydrogen (secondary N) is 1. The lowest BCUT2D eigenvalue weighted by atomic mass is 10.0. The molecule has 2 atom stereocenters. The van der Waals surface area contributed by atoms with E-state index in [4.69, 9.17) is 4.74 Å². The lowest BCUT2D eigenvalue weighted by Gasteiger charge is -2.16. The molecule has 2 fully saturated rings. The van der Waals surface area contributed by atoms with E-state index in [-0.39, 0.29) is 11.9 Å². The molecule has 1 aromatic rings. The van der Waals surface area contributed by atoms with Crippen molar-refractivity contribution in [2.75, 3.05) is 26.2 Å². The minimum absolute atomic E-state index is 0.0314. The Morgan fingerprint density at radius 2 is 1.88 bits per heavy atom. The van der Waals surface area contributed by atoms with E-state index in [1.807, 2.05) is 38.1 Å². The maximum atomic E-state index is 11.9. The van der Waals surface area contributed by atoms with Crippen LogP contribution in [0, 0.1) is 11.8 Å². The van der Waals surface area contributed by atoms with Crippen LogP contribution in [0.25, 0.3) is 0 Å². The highest BCUT2D eigenvalue weighted by Crippen LogP contribution is 2.37. The number of hydrogen-bond acceptors (Lipinski definition) is 3. The lowest BCUT2D eigenvalue weighted by Crippen LogP contribution is -2.29. The van der Waals surface area contributed by atoms with Gasteiger partial charge in [-0.3, -0.25) is 4.79 Å². The Hall–Kier alpha value is -1.55. The zero-order valence-corrected chi connectivity index (χ0v) is 15.0. The number of benzene rings is 1. The Balaban J connectivity index is 1.35. The van der Waals surface area contributed by atoms with E-state index in [9.17, 15) is 4.79 Å². The molecule has 0 bridgehead atoms. The van der Waals surface area contributed by atoms with E-state index < -0.39 is 0 Å². The van der Waals surface area contributed by atoms with Gasteiger partial charge in [0.25, 0.3) is 5.91 Å². The lowest BCUT2D eigenvalue weighted by molar-refractivity contribution is 0.0943. The Kier molecular flexibility index (Phi) is 5.77. The van der Waals surface area contributed by atoms with Gasteiger partial charge in [-0.05, 0) is 69.2 Å². The second-order valence-corrected chi connectivity index (χ2v) is 7.57. The summed E-state index contributed by atoms with van der Waals surface area (Å²) in [5.74, 6) is 2.75. The molecule has 1 N–H and O–H groups in total. The summed E-state index contributed by atoms with van der Waals surface area (Å²) in [6.45, 7) is 8.39. The summed E-state index contributed by atoms with van der Waals surface area (Å²) in [6.07, 6.45) is 5.38. The molecule has 2 aliphatic rings. The van der Waals surface area contributed by atoms with Crippen molar-refractivity contribution in [2.24, 2.45) is 11.8 Å². The number of fused-ring (bicyclic) bond motifs is 1. The Morgan fingerprint density at radius 3 is 2.50 bits per heavy atom. The summed E-state index contributed by atoms with van der Waals surface area (Å²) in [5.41, 5.74) is 0.680. The largest absolute Gasteiger partial charge is 0.494 e. The number of ether oxygens (including phenoxy) is 1. The van der Waals surface area contributed by atoms with Crippen LogP contribution >= 0.6 is 0 Å². The van der Waals surface area contributed by atoms with Crippen LogP contribution in [0.3, 0.4) is 0 Å². The van der Waals surface area contributed by atoms with Crippen LogP contribution in [-0.4, -0.2) is 43.1 Å². The van der Waals surface area contributed by atoms with Gasteiger partial charge in [-0.2, -0.15) is 0 Å². The molecule has 3 rings (SSSR count). The van der Waals surface area contributed by atoms with Gasteiger partial charge in [0.15, 0.2) is 0 Å². The predicted molar refractivity (Wildman–Crippen MR) is 96.4 cm³/mol. The zero-order chi connectivity index (χ0) is 16.9. The van der Waals surface area contributed by atoms with Crippen LogP contribution in [0.4, 0.5) is 0 Å². The number of carbonyl (C=O) groups excluding carboxylic acids is 1. The highest BCUT2D eigenvalue weighted by molar-refractivity contribution is 5.94. The normalized spacial score (nSPS) is 23.5. The third kappa shape index (κ3) is 4.50. The van der Waals surface area contributed by atoms with Gasteiger partial charge >= 0.3 is 0 Å². The van der Waals surface area contributed by atoms with Gasteiger partial charge < -0.3 is 15.0 Å². The zero-order valence-electron chi connectivity index (χ0n) is 15.0. The molecule has 1 aliphatic carbocycles. The molecule has 24 heavy (non-hydrogen) atoms. The van der Waals surface area contributed by atoms with Crippen LogP contribution in [0.1, 0.15) is 49.9 Å². The van der Waals surface area contributed by atoms with E-state index in [2.05, 4.69) is 10.2 Å². The van der Waals surface area contributed by atoms with Crippen molar-refractivity contribution in [3.8, 4) is 5.75 Å². The molecule has 1 saturated carbocycles. The van der Waals surface area contributed by atoms with E-state index in [0.717, 1.165) is 37.2 Å². The van der Waals surface area contributed by atoms with Crippen molar-refractivity contribution in [3.63, 3.8) is 0 Å². The molecule has 0 aromatic heterocycles. The van der Waals surface area contributed by atoms with Crippen LogP contribution in [-0.2, 0) is 0 Å². The first-order valence-electron chi connectivity index (χ1n) is 9.38. The number of carbonyl (C=O) groups is 1. The molecule has 0 spiro atoms. The average molecular weight is 330 g/mol. The molecule has 2 unspecified atom stereocenters. The fourth-order valence-corrected chi connectivity index (χ4v) is 4.04. The quantitative estimate of drug-likeness (QED) is 0.780. The van der Waals surface area contributed by atoms with Crippen molar-refractivity contribution in [1.82, 2.24) is 10.2 Å². The molecule has 1 amide bonds. The van der Waals surface area contributed by atoms with Crippen LogP contribution in [0.2, 0.25) is 0 Å². The second kappa shape index (κ2) is 8.02. The van der Waals surface area contributed by atoms with Gasteiger partial charge in [0.2, 0.25) is 0 Å². The van der Waals surface area contributed by atoms with Gasteiger partial charge in [0, 0.05) is 31.2 Å². The van der Waals surface area contributed by atoms with Gasteiger partial charge in [0.05, 0.1) is 6.61 Å². The average Bonchev–Trinajstić information content (AvgIpc) is 3.13. The minimum Gasteiger partial charge on any atom is -0.494 e. The Labute approximate surface area is 145 Å². The summed E-state index contributed by atoms with van der Waals surface area (Å²) in [6, 6.07) is 7.58. The smallest absolute Gasteiger partial charge is 0.251 e. The number of likely N-dealkylation sites (tertiary alicyclic amines) is 1. The standard InChI is InChI=1S/C20H30N2O2/c1-15(2)21-20(23)16-7-9-19(10-8-16)24-12-4-11-22-13-17-5-3-6-18(17)14-22/h7-10,15,17-18H,3-6,11-14H2,1-2H3,(H,21,23). The van der Waals surface area contributed by atoms with Crippen molar-refractivity contribution in [2.45, 2.75) is 45.6 Å². The predicted octanol–water partition coefficient (Wildman–Crippen LogP) is 3.33. The molecule has 1 saturated heterocycles. The SMILES string of the molecule is CC(C)NC(=O)c1ccc(OCCCN2CC3CCCC3C2)cc1. The minimum atomic E-state index is -0.0314. The molecule has 1 aromatic carbocycles. The van der Waals surface area contributed by atoms with Crippen LogP contribution < -0.4 is 10.1 Å². The molecular formula is C20H30N2O2. The van der Waals surface area contributed by atoms with Crippen molar-refractivity contribution < 1.29 is 9.53 Å². The third-order valence-corrected chi connectivity index (χ3v) is 5.23. The summed E-state index contributed by atoms with van der Waals surface area (Å²) >= 11 is 0. The summed E-state index contributed by atoms with van der Waals surface area (Å²) in [4.78, 5) is 14.5. The number of rotatable bonds is 7. The molecule has 1 aliphatic heterocycles. The van der Waals surface area contributed by atoms with Crippen molar-refractivity contribution in [3.05, 3.63) is 29.8 Å². The molecule has 1 heterocycles. The summed E-state index contributed by atoms with van der Waals surface area (Å²) in [7, 11) is 0. The molecule has 132 valence electrons. The highest BCUT2D eigenvalue weighted by atomic mass is 16.5. The van der Waals surface area contributed by atoms with Gasteiger partial charge in [-0.1, -0.05) is 6.42 Å². The Bertz CT molecular complexity index is 529. The highest BCUT2D eigenvalue weighted by Gasteiger charge is 2.35. The van der Waals surface area contributed by atoms with Gasteiger partial charge in [-0.25, -0.2) is 0 Å². The Morgan fingerprint density at radius 1 is 1.21 bits per heavy atom. The number of hydrogen-bond donors (Lipinski definition) is 1. The second-order valence-electron chi connectivity index (χ2n) is 7.57. The molecule has 4 heteroatoms. The van der Waals surface area contributed by atoms with Crippen LogP contribution in [0.15, 0.2) is 24.3 Å². The molecule has 4 nitrogen and oxygen atoms in total. The fourth-order valence-electron chi connectivity index (χ4n) is 4.04. The van der Waals surface area contributed by atoms with E-state index >= 15 is 0 Å². The van der Waals surface area contributed by atoms with Crippen LogP contribution in [0.5, 0.6) is 5.75 Å². The summed E-state index contributed by atoms with van der Waals surface area (Å²) < 4.78 is 5.82. The third-order valence-electron chi connectivity index (χ3n) is 5.23. The maximum absolute atomic E-state index is 11.9. The molecular weight excluding hydrogens is 300 g/mol. The van der Waals surface area contributed by atoms with E-state index in [1.54, 1.807) is 0 Å². The monoisotopic (exact) mass is 330 g/mol. The number of nitrogens with zero attached hydrogens (tertiary/aromatic N) is 1. The first kappa shape index (κ1) is 17.3. The fraction of sp³-hybridized carbons (Fsp3) is 0.650. The first-order valence-corrected chi connectivity index (χ1v) is 9.38. The number of amides is 1. The van der Waals surface area contributed by atoms with E-state index in [1.165, 1.54) is 32.4 Å². The van der Waals surface area contributed by atoms with E-state index in [0.29, 0.717) is 5.56 Å². The van der Waals surface area contributed by atoms with Crippen molar-refractivity contribution in [1.29, 1.82) is 0 Å². The maximum Gasteiger partial charge on any atom is 0.251 e. The molecule has 0 radical (unpaired) electrons. The topological polar surface area (TPSA) is 41.6 Å². The van der Waals surface area contributed by atoms with Crippen molar-refractivity contribution >= 4 is 5.91 Å².